The maximum atomic E-state index is 12.6. The summed E-state index contributed by atoms with van der Waals surface area (Å²) in [5.74, 6) is 1.96. The van der Waals surface area contributed by atoms with Crippen LogP contribution < -0.4 is 0 Å². The topological polar surface area (TPSA) is 33.2 Å². The summed E-state index contributed by atoms with van der Waals surface area (Å²) in [6.45, 7) is 3.34. The molecule has 2 heterocycles. The Morgan fingerprint density at radius 1 is 1.29 bits per heavy atom. The van der Waals surface area contributed by atoms with Crippen LogP contribution in [0.15, 0.2) is 24.5 Å². The predicted octanol–water partition coefficient (Wildman–Crippen LogP) is 3.44. The van der Waals surface area contributed by atoms with Crippen molar-refractivity contribution in [3.63, 3.8) is 0 Å². The Bertz CT molecular complexity index is 473. The van der Waals surface area contributed by atoms with Crippen LogP contribution in [0.2, 0.25) is 0 Å². The molecule has 1 saturated heterocycles. The lowest BCUT2D eigenvalue weighted by molar-refractivity contribution is -0.137. The molecule has 2 aliphatic rings. The molecule has 1 aromatic rings. The first-order valence-electron chi connectivity index (χ1n) is 8.42. The Morgan fingerprint density at radius 2 is 2.10 bits per heavy atom. The van der Waals surface area contributed by atoms with Gasteiger partial charge in [-0.15, -0.1) is 0 Å². The van der Waals surface area contributed by atoms with Crippen LogP contribution in [0.25, 0.3) is 0 Å². The lowest BCUT2D eigenvalue weighted by Gasteiger charge is -2.45. The summed E-state index contributed by atoms with van der Waals surface area (Å²) in [6, 6.07) is 4.54. The highest BCUT2D eigenvalue weighted by Gasteiger charge is 2.37. The lowest BCUT2D eigenvalue weighted by Crippen LogP contribution is -2.50. The van der Waals surface area contributed by atoms with Crippen LogP contribution in [0, 0.1) is 11.8 Å². The maximum Gasteiger partial charge on any atom is 0.223 e. The number of rotatable bonds is 3. The Balaban J connectivity index is 1.58. The van der Waals surface area contributed by atoms with Crippen LogP contribution in [0.3, 0.4) is 0 Å². The summed E-state index contributed by atoms with van der Waals surface area (Å²) in [4.78, 5) is 18.9. The molecule has 3 rings (SSSR count). The fourth-order valence-corrected chi connectivity index (χ4v) is 4.15. The van der Waals surface area contributed by atoms with E-state index in [4.69, 9.17) is 0 Å². The van der Waals surface area contributed by atoms with Crippen molar-refractivity contribution in [1.29, 1.82) is 0 Å². The van der Waals surface area contributed by atoms with Gasteiger partial charge in [0.1, 0.15) is 0 Å². The molecule has 3 heteroatoms. The first-order valence-corrected chi connectivity index (χ1v) is 8.42. The van der Waals surface area contributed by atoms with Crippen molar-refractivity contribution < 1.29 is 4.79 Å². The van der Waals surface area contributed by atoms with E-state index in [-0.39, 0.29) is 0 Å². The van der Waals surface area contributed by atoms with Crippen LogP contribution in [-0.2, 0) is 11.2 Å². The summed E-state index contributed by atoms with van der Waals surface area (Å²) in [6.07, 6.45) is 11.4. The number of pyridine rings is 1. The van der Waals surface area contributed by atoms with Crippen molar-refractivity contribution in [3.8, 4) is 0 Å². The molecule has 0 N–H and O–H groups in total. The van der Waals surface area contributed by atoms with Gasteiger partial charge in [0, 0.05) is 31.4 Å². The molecule has 3 unspecified atom stereocenters. The van der Waals surface area contributed by atoms with E-state index in [1.165, 1.54) is 37.7 Å². The van der Waals surface area contributed by atoms with E-state index in [0.717, 1.165) is 24.8 Å². The number of likely N-dealkylation sites (tertiary alicyclic amines) is 1. The third-order valence-corrected chi connectivity index (χ3v) is 5.28. The first kappa shape index (κ1) is 14.6. The van der Waals surface area contributed by atoms with Gasteiger partial charge in [0.05, 0.1) is 0 Å². The van der Waals surface area contributed by atoms with Crippen LogP contribution in [0.1, 0.15) is 51.0 Å². The van der Waals surface area contributed by atoms with Crippen molar-refractivity contribution in [2.24, 2.45) is 11.8 Å². The number of fused-ring (bicyclic) bond motifs is 1. The zero-order valence-corrected chi connectivity index (χ0v) is 13.0. The van der Waals surface area contributed by atoms with Gasteiger partial charge in [0.2, 0.25) is 5.91 Å². The Hall–Kier alpha value is -1.38. The Labute approximate surface area is 127 Å². The molecule has 0 spiro atoms. The molecule has 114 valence electrons. The lowest BCUT2D eigenvalue weighted by atomic mass is 9.74. The van der Waals surface area contributed by atoms with Crippen LogP contribution in [0.5, 0.6) is 0 Å². The molecular weight excluding hydrogens is 260 g/mol. The van der Waals surface area contributed by atoms with E-state index in [1.54, 1.807) is 12.4 Å². The summed E-state index contributed by atoms with van der Waals surface area (Å²) >= 11 is 0. The van der Waals surface area contributed by atoms with Gasteiger partial charge in [0.15, 0.2) is 0 Å². The molecule has 3 atom stereocenters. The third-order valence-electron chi connectivity index (χ3n) is 5.28. The fourth-order valence-electron chi connectivity index (χ4n) is 4.15. The molecule has 0 bridgehead atoms. The standard InChI is InChI=1S/C18H26N2O/c1-14-4-6-17-16(13-14)3-2-12-20(17)18(21)7-5-15-8-10-19-11-9-15/h8-11,14,16-17H,2-7,12-13H2,1H3. The van der Waals surface area contributed by atoms with E-state index >= 15 is 0 Å². The van der Waals surface area contributed by atoms with Crippen LogP contribution in [0.4, 0.5) is 0 Å². The average molecular weight is 286 g/mol. The Morgan fingerprint density at radius 3 is 2.90 bits per heavy atom. The highest BCUT2D eigenvalue weighted by molar-refractivity contribution is 5.77. The van der Waals surface area contributed by atoms with E-state index in [0.29, 0.717) is 18.4 Å². The van der Waals surface area contributed by atoms with Gasteiger partial charge in [-0.2, -0.15) is 0 Å². The van der Waals surface area contributed by atoms with Crippen molar-refractivity contribution in [1.82, 2.24) is 9.88 Å². The van der Waals surface area contributed by atoms with Crippen molar-refractivity contribution in [2.45, 2.75) is 57.9 Å². The molecule has 2 fully saturated rings. The largest absolute Gasteiger partial charge is 0.339 e. The van der Waals surface area contributed by atoms with Gasteiger partial charge in [0.25, 0.3) is 0 Å². The molecule has 1 aliphatic heterocycles. The average Bonchev–Trinajstić information content (AvgIpc) is 2.52. The van der Waals surface area contributed by atoms with Crippen molar-refractivity contribution >= 4 is 5.91 Å². The highest BCUT2D eigenvalue weighted by Crippen LogP contribution is 2.38. The summed E-state index contributed by atoms with van der Waals surface area (Å²) < 4.78 is 0. The molecule has 1 saturated carbocycles. The van der Waals surface area contributed by atoms with Gasteiger partial charge >= 0.3 is 0 Å². The third kappa shape index (κ3) is 3.45. The minimum Gasteiger partial charge on any atom is -0.339 e. The van der Waals surface area contributed by atoms with E-state index < -0.39 is 0 Å². The zero-order valence-electron chi connectivity index (χ0n) is 13.0. The van der Waals surface area contributed by atoms with Gasteiger partial charge in [-0.25, -0.2) is 0 Å². The summed E-state index contributed by atoms with van der Waals surface area (Å²) in [5, 5.41) is 0. The number of piperidine rings is 1. The number of hydrogen-bond donors (Lipinski definition) is 0. The number of aryl methyl sites for hydroxylation is 1. The SMILES string of the molecule is CC1CCC2C(CCCN2C(=O)CCc2ccncc2)C1. The molecule has 1 aromatic heterocycles. The maximum absolute atomic E-state index is 12.6. The van der Waals surface area contributed by atoms with E-state index in [2.05, 4.69) is 16.8 Å². The molecule has 1 aliphatic carbocycles. The number of carbonyl (C=O) groups excluding carboxylic acids is 1. The second kappa shape index (κ2) is 6.59. The predicted molar refractivity (Wildman–Crippen MR) is 83.8 cm³/mol. The van der Waals surface area contributed by atoms with Crippen LogP contribution in [-0.4, -0.2) is 28.4 Å². The number of hydrogen-bond acceptors (Lipinski definition) is 2. The summed E-state index contributed by atoms with van der Waals surface area (Å²) in [7, 11) is 0. The van der Waals surface area contributed by atoms with Gasteiger partial charge in [-0.1, -0.05) is 6.92 Å². The monoisotopic (exact) mass is 286 g/mol. The fraction of sp³-hybridized carbons (Fsp3) is 0.667. The first-order chi connectivity index (χ1) is 10.2. The minimum atomic E-state index is 0.357. The second-order valence-corrected chi connectivity index (χ2v) is 6.83. The molecular formula is C18H26N2O. The number of aromatic nitrogens is 1. The second-order valence-electron chi connectivity index (χ2n) is 6.83. The molecule has 3 nitrogen and oxygen atoms in total. The quantitative estimate of drug-likeness (QED) is 0.852. The van der Waals surface area contributed by atoms with Gasteiger partial charge in [-0.3, -0.25) is 9.78 Å². The Kier molecular flexibility index (Phi) is 4.57. The molecule has 0 radical (unpaired) electrons. The van der Waals surface area contributed by atoms with Gasteiger partial charge < -0.3 is 4.90 Å². The normalized spacial score (nSPS) is 29.0. The zero-order chi connectivity index (χ0) is 14.7. The van der Waals surface area contributed by atoms with Crippen molar-refractivity contribution in [2.75, 3.05) is 6.54 Å². The summed E-state index contributed by atoms with van der Waals surface area (Å²) in [5.41, 5.74) is 1.21. The minimum absolute atomic E-state index is 0.357. The smallest absolute Gasteiger partial charge is 0.223 e. The molecule has 1 amide bonds. The molecule has 21 heavy (non-hydrogen) atoms. The highest BCUT2D eigenvalue weighted by atomic mass is 16.2. The number of carbonyl (C=O) groups is 1. The van der Waals surface area contributed by atoms with Crippen LogP contribution >= 0.6 is 0 Å². The number of amides is 1. The van der Waals surface area contributed by atoms with Crippen molar-refractivity contribution in [3.05, 3.63) is 30.1 Å². The van der Waals surface area contributed by atoms with E-state index in [9.17, 15) is 4.79 Å². The van der Waals surface area contributed by atoms with Gasteiger partial charge in [-0.05, 0) is 68.1 Å². The molecule has 0 aromatic carbocycles. The van der Waals surface area contributed by atoms with E-state index in [1.807, 2.05) is 12.1 Å². The number of nitrogens with zero attached hydrogens (tertiary/aromatic N) is 2.